The third-order valence-electron chi connectivity index (χ3n) is 7.12. The Labute approximate surface area is 199 Å². The molecular weight excluding hydrogens is 432 g/mol. The van der Waals surface area contributed by atoms with Crippen LogP contribution in [0, 0.1) is 11.8 Å². The van der Waals surface area contributed by atoms with Gasteiger partial charge in [-0.2, -0.15) is 0 Å². The number of hydrogen-bond acceptors (Lipinski definition) is 4. The number of carboxylic acid groups (broad SMARTS) is 1. The summed E-state index contributed by atoms with van der Waals surface area (Å²) in [6, 6.07) is 16.2. The number of carbonyl (C=O) groups excluding carboxylic acids is 2. The van der Waals surface area contributed by atoms with Crippen LogP contribution >= 0.6 is 0 Å². The molecule has 4 rings (SSSR count). The monoisotopic (exact) mass is 464 g/mol. The van der Waals surface area contributed by atoms with Gasteiger partial charge in [-0.15, -0.1) is 0 Å². The number of carbonyl (C=O) groups is 3. The van der Waals surface area contributed by atoms with E-state index >= 15 is 0 Å². The molecule has 0 bridgehead atoms. The fourth-order valence-corrected chi connectivity index (χ4v) is 5.27. The van der Waals surface area contributed by atoms with E-state index in [9.17, 15) is 14.4 Å². The highest BCUT2D eigenvalue weighted by Gasteiger charge is 2.32. The lowest BCUT2D eigenvalue weighted by atomic mass is 9.98. The van der Waals surface area contributed by atoms with Gasteiger partial charge < -0.3 is 20.5 Å². The number of rotatable bonds is 9. The van der Waals surface area contributed by atoms with Crippen molar-refractivity contribution in [3.05, 3.63) is 59.7 Å². The van der Waals surface area contributed by atoms with E-state index in [1.54, 1.807) is 0 Å². The number of alkyl carbamates (subject to hydrolysis) is 1. The largest absolute Gasteiger partial charge is 0.481 e. The molecule has 1 fully saturated rings. The molecule has 2 aliphatic rings. The fourth-order valence-electron chi connectivity index (χ4n) is 5.27. The molecule has 0 aromatic heterocycles. The molecule has 7 heteroatoms. The van der Waals surface area contributed by atoms with Crippen LogP contribution in [0.3, 0.4) is 0 Å². The van der Waals surface area contributed by atoms with Crippen molar-refractivity contribution in [2.24, 2.45) is 11.8 Å². The van der Waals surface area contributed by atoms with Crippen LogP contribution in [0.2, 0.25) is 0 Å². The minimum absolute atomic E-state index is 0.0167. The van der Waals surface area contributed by atoms with E-state index in [2.05, 4.69) is 34.9 Å². The highest BCUT2D eigenvalue weighted by molar-refractivity contribution is 5.80. The first-order valence-electron chi connectivity index (χ1n) is 12.1. The van der Waals surface area contributed by atoms with Gasteiger partial charge >= 0.3 is 12.1 Å². The Morgan fingerprint density at radius 1 is 1.03 bits per heavy atom. The molecule has 1 unspecified atom stereocenters. The summed E-state index contributed by atoms with van der Waals surface area (Å²) in [5.74, 6) is -1.43. The molecule has 2 amide bonds. The molecule has 2 aromatic rings. The van der Waals surface area contributed by atoms with Crippen molar-refractivity contribution < 1.29 is 24.2 Å². The summed E-state index contributed by atoms with van der Waals surface area (Å²) >= 11 is 0. The molecule has 1 saturated carbocycles. The number of ether oxygens (including phenoxy) is 1. The quantitative estimate of drug-likeness (QED) is 0.513. The predicted molar refractivity (Wildman–Crippen MR) is 128 cm³/mol. The lowest BCUT2D eigenvalue weighted by Crippen LogP contribution is -2.44. The van der Waals surface area contributed by atoms with Crippen LogP contribution in [0.4, 0.5) is 4.79 Å². The molecule has 0 heterocycles. The first-order chi connectivity index (χ1) is 16.5. The second kappa shape index (κ2) is 10.7. The number of benzene rings is 2. The van der Waals surface area contributed by atoms with Crippen LogP contribution in [-0.2, 0) is 14.3 Å². The third kappa shape index (κ3) is 5.24. The van der Waals surface area contributed by atoms with Crippen molar-refractivity contribution in [2.45, 2.75) is 51.0 Å². The summed E-state index contributed by atoms with van der Waals surface area (Å²) in [6.07, 6.45) is 2.60. The summed E-state index contributed by atoms with van der Waals surface area (Å²) in [4.78, 5) is 36.3. The summed E-state index contributed by atoms with van der Waals surface area (Å²) in [5, 5.41) is 14.8. The number of amides is 2. The maximum absolute atomic E-state index is 12.8. The highest BCUT2D eigenvalue weighted by atomic mass is 16.5. The Balaban J connectivity index is 1.29. The predicted octanol–water partition coefficient (Wildman–Crippen LogP) is 4.31. The molecule has 0 aliphatic heterocycles. The summed E-state index contributed by atoms with van der Waals surface area (Å²) in [7, 11) is 0. The van der Waals surface area contributed by atoms with Crippen molar-refractivity contribution in [3.63, 3.8) is 0 Å². The van der Waals surface area contributed by atoms with Crippen LogP contribution < -0.4 is 10.6 Å². The Bertz CT molecular complexity index is 1010. The summed E-state index contributed by atoms with van der Waals surface area (Å²) < 4.78 is 5.56. The summed E-state index contributed by atoms with van der Waals surface area (Å²) in [6.45, 7) is 2.30. The second-order valence-electron chi connectivity index (χ2n) is 9.22. The van der Waals surface area contributed by atoms with Crippen molar-refractivity contribution in [3.8, 4) is 11.1 Å². The van der Waals surface area contributed by atoms with Gasteiger partial charge in [0.2, 0.25) is 5.91 Å². The van der Waals surface area contributed by atoms with Gasteiger partial charge in [-0.1, -0.05) is 61.9 Å². The van der Waals surface area contributed by atoms with Crippen LogP contribution in [0.15, 0.2) is 48.5 Å². The van der Waals surface area contributed by atoms with E-state index in [4.69, 9.17) is 9.84 Å². The fraction of sp³-hybridized carbons (Fsp3) is 0.444. The maximum Gasteiger partial charge on any atom is 0.407 e. The van der Waals surface area contributed by atoms with Gasteiger partial charge in [-0.05, 0) is 47.4 Å². The average Bonchev–Trinajstić information content (AvgIpc) is 3.39. The van der Waals surface area contributed by atoms with Gasteiger partial charge in [-0.25, -0.2) is 4.79 Å². The molecule has 2 aliphatic carbocycles. The third-order valence-corrected chi connectivity index (χ3v) is 7.12. The van der Waals surface area contributed by atoms with Crippen LogP contribution in [-0.4, -0.2) is 42.3 Å². The first-order valence-corrected chi connectivity index (χ1v) is 12.1. The molecule has 0 radical (unpaired) electrons. The van der Waals surface area contributed by atoms with E-state index in [1.165, 1.54) is 11.1 Å². The van der Waals surface area contributed by atoms with E-state index in [1.807, 2.05) is 31.2 Å². The van der Waals surface area contributed by atoms with Gasteiger partial charge in [-0.3, -0.25) is 9.59 Å². The standard InChI is InChI=1S/C27H32N2O5/c1-2-17(26(32)29-24-13-7-8-18(24)14-25(30)31)15-28-27(33)34-16-23-21-11-5-3-9-19(21)20-10-4-6-12-22(20)23/h3-6,9-12,17-18,23-24H,2,7-8,13-16H2,1H3,(H,28,33)(H,29,32)(H,30,31)/t17?,18-,24+/m0/s1. The number of fused-ring (bicyclic) bond motifs is 3. The van der Waals surface area contributed by atoms with Gasteiger partial charge in [0.25, 0.3) is 0 Å². The van der Waals surface area contributed by atoms with E-state index in [-0.39, 0.29) is 43.4 Å². The highest BCUT2D eigenvalue weighted by Crippen LogP contribution is 2.44. The Kier molecular flexibility index (Phi) is 7.50. The smallest absolute Gasteiger partial charge is 0.407 e. The Morgan fingerprint density at radius 3 is 2.29 bits per heavy atom. The molecule has 3 N–H and O–H groups in total. The zero-order valence-corrected chi connectivity index (χ0v) is 19.5. The molecule has 7 nitrogen and oxygen atoms in total. The topological polar surface area (TPSA) is 105 Å². The molecule has 0 saturated heterocycles. The lowest BCUT2D eigenvalue weighted by Gasteiger charge is -2.23. The minimum atomic E-state index is -0.838. The van der Waals surface area contributed by atoms with Crippen LogP contribution in [0.25, 0.3) is 11.1 Å². The van der Waals surface area contributed by atoms with Gasteiger partial charge in [0.05, 0.1) is 12.3 Å². The van der Waals surface area contributed by atoms with Crippen molar-refractivity contribution in [1.29, 1.82) is 0 Å². The van der Waals surface area contributed by atoms with Crippen LogP contribution in [0.5, 0.6) is 0 Å². The SMILES string of the molecule is CCC(CNC(=O)OCC1c2ccccc2-c2ccccc21)C(=O)N[C@@H]1CCC[C@H]1CC(=O)O. The molecule has 2 aromatic carbocycles. The normalized spacial score (nSPS) is 19.7. The molecule has 3 atom stereocenters. The lowest BCUT2D eigenvalue weighted by molar-refractivity contribution is -0.138. The molecule has 0 spiro atoms. The average molecular weight is 465 g/mol. The Hall–Kier alpha value is -3.35. The number of aliphatic carboxylic acids is 1. The van der Waals surface area contributed by atoms with E-state index in [0.717, 1.165) is 30.4 Å². The van der Waals surface area contributed by atoms with Gasteiger partial charge in [0, 0.05) is 18.5 Å². The first kappa shape index (κ1) is 23.8. The van der Waals surface area contributed by atoms with E-state index < -0.39 is 18.0 Å². The van der Waals surface area contributed by atoms with Crippen molar-refractivity contribution in [1.82, 2.24) is 10.6 Å². The zero-order valence-electron chi connectivity index (χ0n) is 19.5. The minimum Gasteiger partial charge on any atom is -0.481 e. The van der Waals surface area contributed by atoms with Gasteiger partial charge in [0.15, 0.2) is 0 Å². The number of carboxylic acids is 1. The summed E-state index contributed by atoms with van der Waals surface area (Å²) in [5.41, 5.74) is 4.63. The van der Waals surface area contributed by atoms with Crippen LogP contribution in [0.1, 0.15) is 56.1 Å². The Morgan fingerprint density at radius 2 is 1.68 bits per heavy atom. The van der Waals surface area contributed by atoms with Gasteiger partial charge in [0.1, 0.15) is 6.61 Å². The zero-order chi connectivity index (χ0) is 24.1. The molecule has 34 heavy (non-hydrogen) atoms. The number of nitrogens with one attached hydrogen (secondary N) is 2. The second-order valence-corrected chi connectivity index (χ2v) is 9.22. The maximum atomic E-state index is 12.8. The van der Waals surface area contributed by atoms with E-state index in [0.29, 0.717) is 6.42 Å². The van der Waals surface area contributed by atoms with Crippen molar-refractivity contribution in [2.75, 3.05) is 13.2 Å². The van der Waals surface area contributed by atoms with Crippen molar-refractivity contribution >= 4 is 18.0 Å². The molecular formula is C27H32N2O5. The number of hydrogen-bond donors (Lipinski definition) is 3. The molecule has 180 valence electrons.